The van der Waals surface area contributed by atoms with Crippen LogP contribution < -0.4 is 10.1 Å². The van der Waals surface area contributed by atoms with Crippen LogP contribution in [0.5, 0.6) is 0 Å². The molecule has 1 aromatic heterocycles. The van der Waals surface area contributed by atoms with Gasteiger partial charge in [-0.3, -0.25) is 5.10 Å². The number of piperidine rings is 1. The summed E-state index contributed by atoms with van der Waals surface area (Å²) in [5.74, 6) is 0. The summed E-state index contributed by atoms with van der Waals surface area (Å²) >= 11 is 0. The van der Waals surface area contributed by atoms with Crippen LogP contribution in [-0.4, -0.2) is 43.3 Å². The van der Waals surface area contributed by atoms with E-state index in [1.807, 2.05) is 0 Å². The van der Waals surface area contributed by atoms with Gasteiger partial charge in [0.2, 0.25) is 0 Å². The van der Waals surface area contributed by atoms with Crippen LogP contribution in [0.3, 0.4) is 0 Å². The summed E-state index contributed by atoms with van der Waals surface area (Å²) in [6, 6.07) is 0. The van der Waals surface area contributed by atoms with E-state index in [9.17, 15) is 8.42 Å². The summed E-state index contributed by atoms with van der Waals surface area (Å²) in [4.78, 5) is 2.96. The Bertz CT molecular complexity index is 549. The third kappa shape index (κ3) is 4.26. The van der Waals surface area contributed by atoms with Crippen molar-refractivity contribution >= 4 is 10.0 Å². The monoisotopic (exact) mass is 315 g/mol. The topological polar surface area (TPSA) is 90.1 Å². The molecular formula is C13H25N5O2S. The van der Waals surface area contributed by atoms with Gasteiger partial charge in [-0.05, 0) is 32.7 Å². The highest BCUT2D eigenvalue weighted by molar-refractivity contribution is 7.89. The third-order valence-electron chi connectivity index (χ3n) is 3.55. The highest BCUT2D eigenvalue weighted by Crippen LogP contribution is 2.18. The van der Waals surface area contributed by atoms with Gasteiger partial charge in [0, 0.05) is 19.6 Å². The lowest BCUT2D eigenvalue weighted by Crippen LogP contribution is -2.45. The predicted molar refractivity (Wildman–Crippen MR) is 81.1 cm³/mol. The Morgan fingerprint density at radius 1 is 1.29 bits per heavy atom. The molecule has 8 heteroatoms. The minimum atomic E-state index is -3.57. The van der Waals surface area contributed by atoms with Crippen molar-refractivity contribution in [2.24, 2.45) is 0 Å². The highest BCUT2D eigenvalue weighted by Gasteiger charge is 2.26. The van der Waals surface area contributed by atoms with Crippen molar-refractivity contribution < 1.29 is 8.42 Å². The summed E-state index contributed by atoms with van der Waals surface area (Å²) in [6.45, 7) is 6.62. The first-order valence-electron chi connectivity index (χ1n) is 7.56. The Hall–Kier alpha value is -0.960. The first-order valence-corrected chi connectivity index (χ1v) is 9.05. The van der Waals surface area contributed by atoms with Crippen LogP contribution in [0.1, 0.15) is 44.0 Å². The SMILES string of the molecule is CCCNCc1n[nH]c(C)c1S(=O)(=O)NN1CCCCC1. The van der Waals surface area contributed by atoms with Gasteiger partial charge in [0.25, 0.3) is 10.0 Å². The van der Waals surface area contributed by atoms with E-state index in [-0.39, 0.29) is 4.90 Å². The van der Waals surface area contributed by atoms with Gasteiger partial charge in [0.05, 0.1) is 11.4 Å². The molecule has 2 heterocycles. The van der Waals surface area contributed by atoms with Crippen molar-refractivity contribution in [3.63, 3.8) is 0 Å². The number of hydrogen-bond donors (Lipinski definition) is 3. The third-order valence-corrected chi connectivity index (χ3v) is 5.13. The zero-order chi connectivity index (χ0) is 15.3. The average Bonchev–Trinajstić information content (AvgIpc) is 2.82. The van der Waals surface area contributed by atoms with E-state index in [2.05, 4.69) is 27.3 Å². The molecule has 120 valence electrons. The molecular weight excluding hydrogens is 290 g/mol. The van der Waals surface area contributed by atoms with Gasteiger partial charge in [-0.25, -0.2) is 13.4 Å². The van der Waals surface area contributed by atoms with E-state index in [4.69, 9.17) is 0 Å². The lowest BCUT2D eigenvalue weighted by atomic mass is 10.2. The fraction of sp³-hybridized carbons (Fsp3) is 0.769. The number of nitrogens with one attached hydrogen (secondary N) is 3. The van der Waals surface area contributed by atoms with Crippen molar-refractivity contribution in [3.05, 3.63) is 11.4 Å². The van der Waals surface area contributed by atoms with Crippen molar-refractivity contribution in [1.82, 2.24) is 25.4 Å². The van der Waals surface area contributed by atoms with Gasteiger partial charge in [0.15, 0.2) is 0 Å². The molecule has 0 amide bonds. The van der Waals surface area contributed by atoms with Crippen LogP contribution in [0, 0.1) is 6.92 Å². The van der Waals surface area contributed by atoms with Crippen LogP contribution in [0.15, 0.2) is 4.90 Å². The highest BCUT2D eigenvalue weighted by atomic mass is 32.2. The van der Waals surface area contributed by atoms with E-state index in [1.54, 1.807) is 11.9 Å². The maximum absolute atomic E-state index is 12.6. The second-order valence-electron chi connectivity index (χ2n) is 5.44. The molecule has 0 bridgehead atoms. The molecule has 0 atom stereocenters. The number of nitrogens with zero attached hydrogens (tertiary/aromatic N) is 2. The number of aromatic amines is 1. The molecule has 0 unspecified atom stereocenters. The van der Waals surface area contributed by atoms with Crippen LogP contribution in [0.2, 0.25) is 0 Å². The van der Waals surface area contributed by atoms with E-state index in [0.29, 0.717) is 17.9 Å². The number of rotatable bonds is 7. The van der Waals surface area contributed by atoms with Gasteiger partial charge < -0.3 is 5.32 Å². The predicted octanol–water partition coefficient (Wildman–Crippen LogP) is 0.897. The van der Waals surface area contributed by atoms with E-state index in [0.717, 1.165) is 45.3 Å². The lowest BCUT2D eigenvalue weighted by Gasteiger charge is -2.26. The van der Waals surface area contributed by atoms with Gasteiger partial charge in [-0.15, -0.1) is 4.83 Å². The van der Waals surface area contributed by atoms with Crippen LogP contribution >= 0.6 is 0 Å². The number of sulfonamides is 1. The largest absolute Gasteiger partial charge is 0.311 e. The fourth-order valence-electron chi connectivity index (χ4n) is 2.53. The Morgan fingerprint density at radius 3 is 2.67 bits per heavy atom. The van der Waals surface area contributed by atoms with Gasteiger partial charge in [-0.2, -0.15) is 5.10 Å². The Morgan fingerprint density at radius 2 is 2.00 bits per heavy atom. The van der Waals surface area contributed by atoms with Gasteiger partial charge in [-0.1, -0.05) is 13.3 Å². The van der Waals surface area contributed by atoms with Crippen LogP contribution in [0.25, 0.3) is 0 Å². The van der Waals surface area contributed by atoms with Crippen LogP contribution in [0.4, 0.5) is 0 Å². The zero-order valence-electron chi connectivity index (χ0n) is 12.8. The molecule has 0 saturated carbocycles. The minimum absolute atomic E-state index is 0.275. The zero-order valence-corrected chi connectivity index (χ0v) is 13.6. The summed E-state index contributed by atoms with van der Waals surface area (Å²) < 4.78 is 25.2. The molecule has 1 fully saturated rings. The summed E-state index contributed by atoms with van der Waals surface area (Å²) in [7, 11) is -3.57. The maximum atomic E-state index is 12.6. The molecule has 1 aliphatic heterocycles. The van der Waals surface area contributed by atoms with E-state index < -0.39 is 10.0 Å². The molecule has 3 N–H and O–H groups in total. The number of hydrazine groups is 1. The summed E-state index contributed by atoms with van der Waals surface area (Å²) in [5.41, 5.74) is 1.12. The van der Waals surface area contributed by atoms with Crippen LogP contribution in [-0.2, 0) is 16.6 Å². The van der Waals surface area contributed by atoms with Crippen molar-refractivity contribution in [1.29, 1.82) is 0 Å². The Kier molecular flexibility index (Phi) is 5.74. The quantitative estimate of drug-likeness (QED) is 0.650. The van der Waals surface area contributed by atoms with Crippen molar-refractivity contribution in [2.45, 2.75) is 51.0 Å². The molecule has 0 aliphatic carbocycles. The Labute approximate surface area is 126 Å². The van der Waals surface area contributed by atoms with E-state index in [1.165, 1.54) is 0 Å². The standard InChI is InChI=1S/C13H25N5O2S/c1-3-7-14-10-12-13(11(2)15-16-12)21(19,20)17-18-8-5-4-6-9-18/h14,17H,3-10H2,1-2H3,(H,15,16). The Balaban J connectivity index is 2.12. The molecule has 0 radical (unpaired) electrons. The van der Waals surface area contributed by atoms with E-state index >= 15 is 0 Å². The van der Waals surface area contributed by atoms with Crippen molar-refractivity contribution in [2.75, 3.05) is 19.6 Å². The molecule has 7 nitrogen and oxygen atoms in total. The molecule has 1 aliphatic rings. The van der Waals surface area contributed by atoms with Crippen molar-refractivity contribution in [3.8, 4) is 0 Å². The molecule has 2 rings (SSSR count). The summed E-state index contributed by atoms with van der Waals surface area (Å²) in [5, 5.41) is 11.9. The van der Waals surface area contributed by atoms with Gasteiger partial charge >= 0.3 is 0 Å². The first-order chi connectivity index (χ1) is 10.0. The molecule has 0 aromatic carbocycles. The molecule has 1 aromatic rings. The second-order valence-corrected chi connectivity index (χ2v) is 7.04. The maximum Gasteiger partial charge on any atom is 0.257 e. The molecule has 1 saturated heterocycles. The molecule has 0 spiro atoms. The van der Waals surface area contributed by atoms with Gasteiger partial charge in [0.1, 0.15) is 4.90 Å². The number of H-pyrrole nitrogens is 1. The summed E-state index contributed by atoms with van der Waals surface area (Å²) in [6.07, 6.45) is 4.21. The number of hydrogen-bond acceptors (Lipinski definition) is 5. The average molecular weight is 315 g/mol. The smallest absolute Gasteiger partial charge is 0.257 e. The second kappa shape index (κ2) is 7.35. The fourth-order valence-corrected chi connectivity index (χ4v) is 4.02. The minimum Gasteiger partial charge on any atom is -0.311 e. The molecule has 21 heavy (non-hydrogen) atoms. The number of aromatic nitrogens is 2. The normalized spacial score (nSPS) is 17.2. The first kappa shape index (κ1) is 16.4. The number of aryl methyl sites for hydroxylation is 1. The lowest BCUT2D eigenvalue weighted by molar-refractivity contribution is 0.200.